The first-order valence-corrected chi connectivity index (χ1v) is 9.99. The van der Waals surface area contributed by atoms with E-state index in [4.69, 9.17) is 22.4 Å². The molecule has 28 heavy (non-hydrogen) atoms. The maximum atomic E-state index is 12.1. The van der Waals surface area contributed by atoms with Gasteiger partial charge < -0.3 is 15.7 Å². The zero-order chi connectivity index (χ0) is 20.1. The van der Waals surface area contributed by atoms with Crippen molar-refractivity contribution in [3.63, 3.8) is 0 Å². The van der Waals surface area contributed by atoms with E-state index in [1.807, 2.05) is 12.1 Å². The van der Waals surface area contributed by atoms with Crippen LogP contribution in [-0.4, -0.2) is 30.1 Å². The summed E-state index contributed by atoms with van der Waals surface area (Å²) in [6, 6.07) is 12.3. The van der Waals surface area contributed by atoms with Crippen LogP contribution in [0.1, 0.15) is 53.1 Å². The van der Waals surface area contributed by atoms with Gasteiger partial charge in [0.2, 0.25) is 5.91 Å². The maximum absolute atomic E-state index is 12.1. The van der Waals surface area contributed by atoms with Crippen molar-refractivity contribution in [3.8, 4) is 0 Å². The number of primary amides is 1. The standard InChI is InChI=1S/C22H25ClN2O3/c23-18-9-11-20(25-12-2-1-3-13-25)17(14-18)8-10-19(21(24)26)15-4-6-16(7-5-15)22(27)28/h4-7,9,11,14,19H,1-3,8,10,12-13H2,(H2,24,26)(H,27,28). The van der Waals surface area contributed by atoms with Crippen molar-refractivity contribution in [3.05, 3.63) is 64.2 Å². The number of amides is 1. The summed E-state index contributed by atoms with van der Waals surface area (Å²) in [6.45, 7) is 2.06. The zero-order valence-corrected chi connectivity index (χ0v) is 16.5. The molecule has 5 nitrogen and oxygen atoms in total. The lowest BCUT2D eigenvalue weighted by molar-refractivity contribution is -0.119. The second-order valence-electron chi connectivity index (χ2n) is 7.24. The molecule has 2 aromatic carbocycles. The van der Waals surface area contributed by atoms with Gasteiger partial charge in [-0.05, 0) is 73.6 Å². The molecule has 1 amide bonds. The number of nitrogens with two attached hydrogens (primary N) is 1. The van der Waals surface area contributed by atoms with Crippen molar-refractivity contribution in [2.45, 2.75) is 38.0 Å². The van der Waals surface area contributed by atoms with Gasteiger partial charge in [0, 0.05) is 23.8 Å². The lowest BCUT2D eigenvalue weighted by Gasteiger charge is -2.31. The average Bonchev–Trinajstić information content (AvgIpc) is 2.69. The Balaban J connectivity index is 1.79. The van der Waals surface area contributed by atoms with Crippen LogP contribution in [0.5, 0.6) is 0 Å². The van der Waals surface area contributed by atoms with Crippen LogP contribution in [0, 0.1) is 0 Å². The number of aromatic carboxylic acids is 1. The molecule has 0 bridgehead atoms. The quantitative estimate of drug-likeness (QED) is 0.728. The molecule has 1 fully saturated rings. The van der Waals surface area contributed by atoms with Crippen LogP contribution in [0.2, 0.25) is 5.02 Å². The van der Waals surface area contributed by atoms with Gasteiger partial charge in [0.15, 0.2) is 0 Å². The Morgan fingerprint density at radius 2 is 1.75 bits per heavy atom. The summed E-state index contributed by atoms with van der Waals surface area (Å²) < 4.78 is 0. The first-order chi connectivity index (χ1) is 13.5. The van der Waals surface area contributed by atoms with Gasteiger partial charge in [0.05, 0.1) is 11.5 Å². The fraction of sp³-hybridized carbons (Fsp3) is 0.364. The third-order valence-corrected chi connectivity index (χ3v) is 5.58. The molecule has 1 unspecified atom stereocenters. The van der Waals surface area contributed by atoms with Crippen molar-refractivity contribution in [1.82, 2.24) is 0 Å². The highest BCUT2D eigenvalue weighted by molar-refractivity contribution is 6.30. The van der Waals surface area contributed by atoms with E-state index in [0.29, 0.717) is 17.9 Å². The summed E-state index contributed by atoms with van der Waals surface area (Å²) in [5, 5.41) is 9.73. The summed E-state index contributed by atoms with van der Waals surface area (Å²) in [7, 11) is 0. The van der Waals surface area contributed by atoms with Gasteiger partial charge in [-0.15, -0.1) is 0 Å². The molecule has 148 valence electrons. The minimum absolute atomic E-state index is 0.189. The second-order valence-corrected chi connectivity index (χ2v) is 7.68. The number of rotatable bonds is 7. The van der Waals surface area contributed by atoms with E-state index in [9.17, 15) is 9.59 Å². The monoisotopic (exact) mass is 400 g/mol. The third kappa shape index (κ3) is 4.84. The molecule has 1 atom stereocenters. The van der Waals surface area contributed by atoms with Crippen LogP contribution in [0.15, 0.2) is 42.5 Å². The van der Waals surface area contributed by atoms with Crippen molar-refractivity contribution < 1.29 is 14.7 Å². The van der Waals surface area contributed by atoms with Crippen molar-refractivity contribution in [2.24, 2.45) is 5.73 Å². The lowest BCUT2D eigenvalue weighted by Crippen LogP contribution is -2.30. The summed E-state index contributed by atoms with van der Waals surface area (Å²) >= 11 is 6.23. The summed E-state index contributed by atoms with van der Waals surface area (Å²) in [4.78, 5) is 25.5. The highest BCUT2D eigenvalue weighted by Crippen LogP contribution is 2.30. The minimum Gasteiger partial charge on any atom is -0.478 e. The van der Waals surface area contributed by atoms with E-state index in [1.165, 1.54) is 37.1 Å². The number of nitrogens with zero attached hydrogens (tertiary/aromatic N) is 1. The van der Waals surface area contributed by atoms with Crippen LogP contribution in [-0.2, 0) is 11.2 Å². The summed E-state index contributed by atoms with van der Waals surface area (Å²) in [5.74, 6) is -1.88. The molecule has 0 radical (unpaired) electrons. The summed E-state index contributed by atoms with van der Waals surface area (Å²) in [6.07, 6.45) is 4.84. The van der Waals surface area contributed by atoms with Gasteiger partial charge in [0.1, 0.15) is 0 Å². The lowest BCUT2D eigenvalue weighted by atomic mass is 9.90. The normalized spacial score (nSPS) is 15.2. The third-order valence-electron chi connectivity index (χ3n) is 5.34. The topological polar surface area (TPSA) is 83.6 Å². The molecule has 3 rings (SSSR count). The van der Waals surface area contributed by atoms with E-state index in [0.717, 1.165) is 24.2 Å². The average molecular weight is 401 g/mol. The van der Waals surface area contributed by atoms with Crippen LogP contribution < -0.4 is 10.6 Å². The number of carbonyl (C=O) groups is 2. The smallest absolute Gasteiger partial charge is 0.335 e. The minimum atomic E-state index is -0.993. The molecule has 0 aromatic heterocycles. The van der Waals surface area contributed by atoms with Gasteiger partial charge in [-0.25, -0.2) is 4.79 Å². The molecule has 0 spiro atoms. The number of halogens is 1. The van der Waals surface area contributed by atoms with Gasteiger partial charge in [-0.3, -0.25) is 4.79 Å². The maximum Gasteiger partial charge on any atom is 0.335 e. The van der Waals surface area contributed by atoms with Gasteiger partial charge in [-0.2, -0.15) is 0 Å². The molecular weight excluding hydrogens is 376 g/mol. The Labute approximate surface area is 170 Å². The molecule has 1 aliphatic heterocycles. The first kappa shape index (κ1) is 20.2. The number of carbonyl (C=O) groups excluding carboxylic acids is 1. The Bertz CT molecular complexity index is 845. The second kappa shape index (κ2) is 9.11. The fourth-order valence-corrected chi connectivity index (χ4v) is 4.02. The fourth-order valence-electron chi connectivity index (χ4n) is 3.83. The molecule has 2 aromatic rings. The van der Waals surface area contributed by atoms with Crippen LogP contribution in [0.3, 0.4) is 0 Å². The molecular formula is C22H25ClN2O3. The molecule has 0 aliphatic carbocycles. The van der Waals surface area contributed by atoms with Gasteiger partial charge in [0.25, 0.3) is 0 Å². The van der Waals surface area contributed by atoms with Crippen molar-refractivity contribution in [2.75, 3.05) is 18.0 Å². The molecule has 6 heteroatoms. The molecule has 1 heterocycles. The molecule has 0 saturated carbocycles. The largest absolute Gasteiger partial charge is 0.478 e. The Kier molecular flexibility index (Phi) is 6.57. The Morgan fingerprint density at radius 1 is 1.07 bits per heavy atom. The van der Waals surface area contributed by atoms with Crippen molar-refractivity contribution in [1.29, 1.82) is 0 Å². The number of aryl methyl sites for hydroxylation is 1. The van der Waals surface area contributed by atoms with E-state index in [-0.39, 0.29) is 5.56 Å². The van der Waals surface area contributed by atoms with E-state index >= 15 is 0 Å². The zero-order valence-electron chi connectivity index (χ0n) is 15.7. The highest BCUT2D eigenvalue weighted by Gasteiger charge is 2.21. The SMILES string of the molecule is NC(=O)C(CCc1cc(Cl)ccc1N1CCCCC1)c1ccc(C(=O)O)cc1. The number of piperidine rings is 1. The van der Waals surface area contributed by atoms with Gasteiger partial charge in [-0.1, -0.05) is 23.7 Å². The van der Waals surface area contributed by atoms with E-state index in [2.05, 4.69) is 11.0 Å². The number of hydrogen-bond donors (Lipinski definition) is 2. The molecule has 1 saturated heterocycles. The predicted octanol–water partition coefficient (Wildman–Crippen LogP) is 4.23. The molecule has 1 aliphatic rings. The highest BCUT2D eigenvalue weighted by atomic mass is 35.5. The van der Waals surface area contributed by atoms with E-state index < -0.39 is 17.8 Å². The van der Waals surface area contributed by atoms with Gasteiger partial charge >= 0.3 is 5.97 Å². The van der Waals surface area contributed by atoms with Crippen LogP contribution in [0.25, 0.3) is 0 Å². The van der Waals surface area contributed by atoms with Crippen molar-refractivity contribution >= 4 is 29.2 Å². The predicted molar refractivity (Wildman–Crippen MR) is 111 cm³/mol. The van der Waals surface area contributed by atoms with Crippen LogP contribution >= 0.6 is 11.6 Å². The number of hydrogen-bond acceptors (Lipinski definition) is 3. The first-order valence-electron chi connectivity index (χ1n) is 9.61. The number of carboxylic acids is 1. The number of carboxylic acid groups (broad SMARTS) is 1. The van der Waals surface area contributed by atoms with Crippen LogP contribution in [0.4, 0.5) is 5.69 Å². The van der Waals surface area contributed by atoms with E-state index in [1.54, 1.807) is 12.1 Å². The summed E-state index contributed by atoms with van der Waals surface area (Å²) in [5.41, 5.74) is 8.86. The Morgan fingerprint density at radius 3 is 2.36 bits per heavy atom. The Hall–Kier alpha value is -2.53. The molecule has 3 N–H and O–H groups in total. The number of benzene rings is 2. The number of anilines is 1.